The van der Waals surface area contributed by atoms with Crippen LogP contribution in [0.3, 0.4) is 0 Å². The number of fused-ring (bicyclic) bond motifs is 1. The van der Waals surface area contributed by atoms with Crippen molar-refractivity contribution in [2.45, 2.75) is 13.0 Å². The molecule has 0 spiro atoms. The lowest BCUT2D eigenvalue weighted by atomic mass is 10.1. The molecule has 2 heterocycles. The number of hydrogen-bond acceptors (Lipinski definition) is 5. The lowest BCUT2D eigenvalue weighted by Gasteiger charge is -2.08. The molecule has 0 saturated heterocycles. The number of hydrogen-bond donors (Lipinski definition) is 2. The number of aromatic nitrogens is 1. The highest BCUT2D eigenvalue weighted by atomic mass is 19.1. The van der Waals surface area contributed by atoms with Gasteiger partial charge in [-0.2, -0.15) is 0 Å². The maximum Gasteiger partial charge on any atom is 0.270 e. The van der Waals surface area contributed by atoms with Crippen LogP contribution < -0.4 is 20.1 Å². The van der Waals surface area contributed by atoms with Gasteiger partial charge in [-0.3, -0.25) is 4.79 Å². The second-order valence-corrected chi connectivity index (χ2v) is 6.57. The largest absolute Gasteiger partial charge is 0.454 e. The Balaban J connectivity index is 1.27. The quantitative estimate of drug-likeness (QED) is 0.643. The summed E-state index contributed by atoms with van der Waals surface area (Å²) in [6, 6.07) is 15.7. The first kappa shape index (κ1) is 18.7. The van der Waals surface area contributed by atoms with Crippen LogP contribution in [0.2, 0.25) is 0 Å². The van der Waals surface area contributed by atoms with Gasteiger partial charge in [0.2, 0.25) is 6.79 Å². The molecule has 148 valence electrons. The first-order valence-electron chi connectivity index (χ1n) is 9.29. The van der Waals surface area contributed by atoms with Crippen molar-refractivity contribution in [1.82, 2.24) is 10.3 Å². The Labute approximate surface area is 167 Å². The average molecular weight is 393 g/mol. The molecular weight excluding hydrogens is 373 g/mol. The molecule has 0 fully saturated rings. The van der Waals surface area contributed by atoms with Gasteiger partial charge in [-0.25, -0.2) is 9.37 Å². The molecule has 6 nitrogen and oxygen atoms in total. The van der Waals surface area contributed by atoms with Gasteiger partial charge in [0.25, 0.3) is 5.91 Å². The van der Waals surface area contributed by atoms with Crippen LogP contribution in [-0.2, 0) is 13.0 Å². The van der Waals surface area contributed by atoms with E-state index in [1.54, 1.807) is 30.5 Å². The smallest absolute Gasteiger partial charge is 0.270 e. The Bertz CT molecular complexity index is 1010. The lowest BCUT2D eigenvalue weighted by Crippen LogP contribution is -2.23. The van der Waals surface area contributed by atoms with Crippen molar-refractivity contribution in [3.05, 3.63) is 83.4 Å². The fourth-order valence-corrected chi connectivity index (χ4v) is 3.00. The number of pyridine rings is 1. The van der Waals surface area contributed by atoms with Crippen LogP contribution in [0.5, 0.6) is 11.5 Å². The Morgan fingerprint density at radius 1 is 1.07 bits per heavy atom. The molecule has 0 saturated carbocycles. The minimum atomic E-state index is -0.263. The van der Waals surface area contributed by atoms with E-state index < -0.39 is 0 Å². The molecule has 3 aromatic rings. The summed E-state index contributed by atoms with van der Waals surface area (Å²) in [7, 11) is 0. The van der Waals surface area contributed by atoms with Gasteiger partial charge in [0.15, 0.2) is 11.5 Å². The highest BCUT2D eigenvalue weighted by Crippen LogP contribution is 2.32. The topological polar surface area (TPSA) is 72.5 Å². The van der Waals surface area contributed by atoms with Crippen molar-refractivity contribution in [1.29, 1.82) is 0 Å². The van der Waals surface area contributed by atoms with E-state index in [0.29, 0.717) is 42.3 Å². The van der Waals surface area contributed by atoms with Gasteiger partial charge in [-0.05, 0) is 47.9 Å². The molecule has 1 amide bonds. The SMILES string of the molecule is O=C(NCc1ccc2c(c1)OCO2)c1ccc(NCCc2ccccc2F)cn1. The average Bonchev–Trinajstić information content (AvgIpc) is 3.22. The van der Waals surface area contributed by atoms with Crippen LogP contribution in [0.25, 0.3) is 0 Å². The van der Waals surface area contributed by atoms with Crippen LogP contribution in [0.15, 0.2) is 60.8 Å². The zero-order valence-electron chi connectivity index (χ0n) is 15.7. The number of nitrogens with zero attached hydrogens (tertiary/aromatic N) is 1. The molecule has 29 heavy (non-hydrogen) atoms. The fourth-order valence-electron chi connectivity index (χ4n) is 3.00. The van der Waals surface area contributed by atoms with Crippen molar-refractivity contribution in [2.24, 2.45) is 0 Å². The van der Waals surface area contributed by atoms with Crippen molar-refractivity contribution < 1.29 is 18.7 Å². The van der Waals surface area contributed by atoms with E-state index >= 15 is 0 Å². The van der Waals surface area contributed by atoms with E-state index in [0.717, 1.165) is 11.3 Å². The van der Waals surface area contributed by atoms with Crippen LogP contribution >= 0.6 is 0 Å². The maximum absolute atomic E-state index is 13.6. The van der Waals surface area contributed by atoms with Crippen molar-refractivity contribution in [3.63, 3.8) is 0 Å². The van der Waals surface area contributed by atoms with E-state index in [-0.39, 0.29) is 18.5 Å². The molecule has 7 heteroatoms. The number of rotatable bonds is 7. The fraction of sp³-hybridized carbons (Fsp3) is 0.182. The minimum absolute atomic E-state index is 0.207. The number of nitrogens with one attached hydrogen (secondary N) is 2. The molecule has 0 aliphatic carbocycles. The lowest BCUT2D eigenvalue weighted by molar-refractivity contribution is 0.0946. The predicted molar refractivity (Wildman–Crippen MR) is 107 cm³/mol. The summed E-state index contributed by atoms with van der Waals surface area (Å²) in [6.45, 7) is 1.15. The molecule has 1 aromatic heterocycles. The van der Waals surface area contributed by atoms with Crippen molar-refractivity contribution >= 4 is 11.6 Å². The molecule has 2 aromatic carbocycles. The van der Waals surface area contributed by atoms with E-state index in [9.17, 15) is 9.18 Å². The summed E-state index contributed by atoms with van der Waals surface area (Å²) < 4.78 is 24.2. The molecule has 4 rings (SSSR count). The van der Waals surface area contributed by atoms with Gasteiger partial charge in [0, 0.05) is 13.1 Å². The molecule has 0 radical (unpaired) electrons. The summed E-state index contributed by atoms with van der Waals surface area (Å²) in [5.41, 5.74) is 2.67. The first-order chi connectivity index (χ1) is 14.2. The van der Waals surface area contributed by atoms with E-state index in [2.05, 4.69) is 15.6 Å². The van der Waals surface area contributed by atoms with Gasteiger partial charge in [0.1, 0.15) is 11.5 Å². The second-order valence-electron chi connectivity index (χ2n) is 6.57. The van der Waals surface area contributed by atoms with Gasteiger partial charge >= 0.3 is 0 Å². The molecule has 0 bridgehead atoms. The normalized spacial score (nSPS) is 11.9. The molecular formula is C22H20FN3O3. The second kappa shape index (κ2) is 8.60. The molecule has 0 unspecified atom stereocenters. The third-order valence-corrected chi connectivity index (χ3v) is 4.57. The number of anilines is 1. The van der Waals surface area contributed by atoms with E-state index in [4.69, 9.17) is 9.47 Å². The molecule has 2 N–H and O–H groups in total. The number of benzene rings is 2. The number of ether oxygens (including phenoxy) is 2. The summed E-state index contributed by atoms with van der Waals surface area (Å²) in [5.74, 6) is 0.919. The molecule has 1 aliphatic heterocycles. The van der Waals surface area contributed by atoms with Crippen LogP contribution in [0.4, 0.5) is 10.1 Å². The number of halogens is 1. The molecule has 0 atom stereocenters. The summed E-state index contributed by atoms with van der Waals surface area (Å²) in [6.07, 6.45) is 2.15. The Kier molecular flexibility index (Phi) is 5.56. The van der Waals surface area contributed by atoms with Gasteiger partial charge in [-0.15, -0.1) is 0 Å². The third kappa shape index (κ3) is 4.63. The predicted octanol–water partition coefficient (Wildman–Crippen LogP) is 3.53. The number of carbonyl (C=O) groups is 1. The summed E-state index contributed by atoms with van der Waals surface area (Å²) >= 11 is 0. The highest BCUT2D eigenvalue weighted by Gasteiger charge is 2.14. The Hall–Kier alpha value is -3.61. The van der Waals surface area contributed by atoms with Crippen LogP contribution in [-0.4, -0.2) is 24.2 Å². The van der Waals surface area contributed by atoms with Crippen molar-refractivity contribution in [2.75, 3.05) is 18.7 Å². The van der Waals surface area contributed by atoms with Crippen molar-refractivity contribution in [3.8, 4) is 11.5 Å². The summed E-state index contributed by atoms with van der Waals surface area (Å²) in [4.78, 5) is 16.5. The van der Waals surface area contributed by atoms with Gasteiger partial charge in [-0.1, -0.05) is 24.3 Å². The zero-order valence-corrected chi connectivity index (χ0v) is 15.7. The third-order valence-electron chi connectivity index (χ3n) is 4.57. The maximum atomic E-state index is 13.6. The van der Waals surface area contributed by atoms with Gasteiger partial charge in [0.05, 0.1) is 11.9 Å². The van der Waals surface area contributed by atoms with E-state index in [1.165, 1.54) is 6.07 Å². The Morgan fingerprint density at radius 2 is 1.93 bits per heavy atom. The summed E-state index contributed by atoms with van der Waals surface area (Å²) in [5, 5.41) is 6.02. The van der Waals surface area contributed by atoms with Gasteiger partial charge < -0.3 is 20.1 Å². The molecule has 1 aliphatic rings. The Morgan fingerprint density at radius 3 is 2.76 bits per heavy atom. The number of amides is 1. The minimum Gasteiger partial charge on any atom is -0.454 e. The highest BCUT2D eigenvalue weighted by molar-refractivity contribution is 5.92. The standard InChI is InChI=1S/C22H20FN3O3/c23-18-4-2-1-3-16(18)9-10-24-17-6-7-19(25-13-17)22(27)26-12-15-5-8-20-21(11-15)29-14-28-20/h1-8,11,13,24H,9-10,12,14H2,(H,26,27). The monoisotopic (exact) mass is 393 g/mol. The zero-order chi connectivity index (χ0) is 20.1. The number of carbonyl (C=O) groups excluding carboxylic acids is 1. The van der Waals surface area contributed by atoms with Crippen LogP contribution in [0, 0.1) is 5.82 Å². The van der Waals surface area contributed by atoms with Crippen LogP contribution in [0.1, 0.15) is 21.6 Å². The van der Waals surface area contributed by atoms with E-state index in [1.807, 2.05) is 24.3 Å². The first-order valence-corrected chi connectivity index (χ1v) is 9.29.